The summed E-state index contributed by atoms with van der Waals surface area (Å²) in [5, 5.41) is 11.8. The summed E-state index contributed by atoms with van der Waals surface area (Å²) in [5.41, 5.74) is -0.480. The molecule has 3 aliphatic rings. The molecule has 0 aromatic heterocycles. The van der Waals surface area contributed by atoms with Gasteiger partial charge in [0.25, 0.3) is 5.91 Å². The topological polar surface area (TPSA) is 96.4 Å². The first kappa shape index (κ1) is 24.2. The highest BCUT2D eigenvalue weighted by Gasteiger charge is 2.75. The molecule has 3 aliphatic heterocycles. The summed E-state index contributed by atoms with van der Waals surface area (Å²) in [6.07, 6.45) is 3.64. The molecule has 8 nitrogen and oxygen atoms in total. The van der Waals surface area contributed by atoms with Gasteiger partial charge in [-0.2, -0.15) is 0 Å². The number of carbonyl (C=O) groups is 3. The molecular weight excluding hydrogens is 460 g/mol. The van der Waals surface area contributed by atoms with E-state index in [0.29, 0.717) is 18.5 Å². The number of fused-ring (bicyclic) bond motifs is 2. The number of hydrogen-bond donors (Lipinski definition) is 1. The number of hydrogen-bond acceptors (Lipinski definition) is 6. The fraction of sp³-hybridized carbons (Fsp3) is 0.393. The Hall–Kier alpha value is -3.49. The standard InChI is InChI=1S/C28H30N2O6/c1-3-13-29(20-10-9-18-7-5-6-8-19(18)17-20)26(33)24-28-12-11-21(36-28)22(27(34)35-16-4-2)23(28)25(32)30(24)14-15-31/h3-10,17,21-24,31H,1-2,11-16H2/t21-,22+,23-,24?,28?/m0/s1. The molecule has 5 atom stereocenters. The molecule has 36 heavy (non-hydrogen) atoms. The first-order valence-corrected chi connectivity index (χ1v) is 12.2. The Morgan fingerprint density at radius 1 is 1.19 bits per heavy atom. The van der Waals surface area contributed by atoms with E-state index in [9.17, 15) is 19.5 Å². The van der Waals surface area contributed by atoms with Gasteiger partial charge in [-0.15, -0.1) is 6.58 Å². The lowest BCUT2D eigenvalue weighted by Crippen LogP contribution is -2.56. The highest BCUT2D eigenvalue weighted by Crippen LogP contribution is 2.58. The highest BCUT2D eigenvalue weighted by molar-refractivity contribution is 6.05. The van der Waals surface area contributed by atoms with Gasteiger partial charge in [0.05, 0.1) is 24.5 Å². The van der Waals surface area contributed by atoms with Crippen LogP contribution in [-0.4, -0.2) is 71.8 Å². The number of benzene rings is 2. The molecule has 0 saturated carbocycles. The fourth-order valence-electron chi connectivity index (χ4n) is 6.23. The van der Waals surface area contributed by atoms with Crippen molar-refractivity contribution in [2.24, 2.45) is 11.8 Å². The number of anilines is 1. The van der Waals surface area contributed by atoms with Gasteiger partial charge in [0, 0.05) is 18.8 Å². The number of amides is 2. The first-order chi connectivity index (χ1) is 17.5. The van der Waals surface area contributed by atoms with Crippen LogP contribution in [0, 0.1) is 11.8 Å². The number of aliphatic hydroxyl groups is 1. The van der Waals surface area contributed by atoms with Gasteiger partial charge in [-0.3, -0.25) is 14.4 Å². The SMILES string of the molecule is C=CCOC(=O)[C@@H]1[C@@H]2CCC3(O2)C(C(=O)N(CC=C)c2ccc4ccccc4c2)N(CCO)C(=O)[C@H]13. The maximum atomic E-state index is 14.3. The average Bonchev–Trinajstić information content (AvgIpc) is 3.53. The summed E-state index contributed by atoms with van der Waals surface area (Å²) >= 11 is 0. The van der Waals surface area contributed by atoms with Gasteiger partial charge < -0.3 is 24.4 Å². The molecule has 2 amide bonds. The van der Waals surface area contributed by atoms with Crippen molar-refractivity contribution in [3.63, 3.8) is 0 Å². The lowest BCUT2D eigenvalue weighted by Gasteiger charge is -2.36. The van der Waals surface area contributed by atoms with Crippen LogP contribution in [0.5, 0.6) is 0 Å². The Kier molecular flexibility index (Phi) is 6.40. The molecule has 3 saturated heterocycles. The molecule has 2 aromatic carbocycles. The third kappa shape index (κ3) is 3.63. The Morgan fingerprint density at radius 2 is 1.97 bits per heavy atom. The molecule has 2 aromatic rings. The fourth-order valence-corrected chi connectivity index (χ4v) is 6.23. The number of carbonyl (C=O) groups excluding carboxylic acids is 3. The second-order valence-corrected chi connectivity index (χ2v) is 9.50. The summed E-state index contributed by atoms with van der Waals surface area (Å²) in [6.45, 7) is 7.32. The quantitative estimate of drug-likeness (QED) is 0.429. The van der Waals surface area contributed by atoms with Crippen molar-refractivity contribution >= 4 is 34.2 Å². The smallest absolute Gasteiger partial charge is 0.312 e. The second-order valence-electron chi connectivity index (χ2n) is 9.50. The second kappa shape index (κ2) is 9.52. The van der Waals surface area contributed by atoms with Gasteiger partial charge in [0.2, 0.25) is 5.91 Å². The maximum absolute atomic E-state index is 14.3. The van der Waals surface area contributed by atoms with Crippen LogP contribution in [0.1, 0.15) is 12.8 Å². The van der Waals surface area contributed by atoms with E-state index in [-0.39, 0.29) is 38.1 Å². The van der Waals surface area contributed by atoms with Crippen molar-refractivity contribution in [2.75, 3.05) is 31.2 Å². The van der Waals surface area contributed by atoms with E-state index < -0.39 is 35.6 Å². The molecule has 188 valence electrons. The van der Waals surface area contributed by atoms with Crippen LogP contribution in [0.25, 0.3) is 10.8 Å². The predicted molar refractivity (Wildman–Crippen MR) is 134 cm³/mol. The van der Waals surface area contributed by atoms with Gasteiger partial charge in [0.1, 0.15) is 18.2 Å². The average molecular weight is 491 g/mol. The zero-order valence-corrected chi connectivity index (χ0v) is 20.0. The van der Waals surface area contributed by atoms with Gasteiger partial charge in [-0.05, 0) is 35.7 Å². The number of nitrogens with zero attached hydrogens (tertiary/aromatic N) is 2. The monoisotopic (exact) mass is 490 g/mol. The molecule has 8 heteroatoms. The molecule has 1 spiro atoms. The third-order valence-corrected chi connectivity index (χ3v) is 7.61. The van der Waals surface area contributed by atoms with Crippen molar-refractivity contribution in [2.45, 2.75) is 30.6 Å². The Bertz CT molecular complexity index is 1230. The van der Waals surface area contributed by atoms with Crippen LogP contribution in [0.4, 0.5) is 5.69 Å². The molecule has 5 rings (SSSR count). The summed E-state index contributed by atoms with van der Waals surface area (Å²) < 4.78 is 11.7. The molecule has 3 fully saturated rings. The number of ether oxygens (including phenoxy) is 2. The molecule has 2 unspecified atom stereocenters. The van der Waals surface area contributed by atoms with Crippen molar-refractivity contribution in [1.29, 1.82) is 0 Å². The van der Waals surface area contributed by atoms with E-state index in [4.69, 9.17) is 9.47 Å². The van der Waals surface area contributed by atoms with Crippen molar-refractivity contribution in [3.8, 4) is 0 Å². The zero-order valence-electron chi connectivity index (χ0n) is 20.0. The molecule has 0 radical (unpaired) electrons. The summed E-state index contributed by atoms with van der Waals surface area (Å²) in [4.78, 5) is 43.9. The Labute approximate surface area is 209 Å². The lowest BCUT2D eigenvalue weighted by atomic mass is 9.70. The van der Waals surface area contributed by atoms with Gasteiger partial charge in [0.15, 0.2) is 0 Å². The van der Waals surface area contributed by atoms with Crippen LogP contribution in [-0.2, 0) is 23.9 Å². The van der Waals surface area contributed by atoms with E-state index in [1.807, 2.05) is 42.5 Å². The van der Waals surface area contributed by atoms with Gasteiger partial charge in [-0.25, -0.2) is 0 Å². The number of esters is 1. The largest absolute Gasteiger partial charge is 0.461 e. The van der Waals surface area contributed by atoms with E-state index >= 15 is 0 Å². The third-order valence-electron chi connectivity index (χ3n) is 7.61. The number of β-amino-alcohol motifs (C(OH)–C–C–N with tert-alkyl or cyclic N) is 1. The van der Waals surface area contributed by atoms with Crippen LogP contribution in [0.15, 0.2) is 67.8 Å². The van der Waals surface area contributed by atoms with E-state index in [1.165, 1.54) is 11.0 Å². The number of likely N-dealkylation sites (tertiary alicyclic amines) is 1. The van der Waals surface area contributed by atoms with Crippen LogP contribution in [0.3, 0.4) is 0 Å². The molecule has 0 aliphatic carbocycles. The number of rotatable bonds is 9. The van der Waals surface area contributed by atoms with E-state index in [0.717, 1.165) is 10.8 Å². The molecule has 1 N–H and O–H groups in total. The minimum Gasteiger partial charge on any atom is -0.461 e. The van der Waals surface area contributed by atoms with Crippen molar-refractivity contribution < 1.29 is 29.0 Å². The number of aliphatic hydroxyl groups excluding tert-OH is 1. The Balaban J connectivity index is 1.54. The summed E-state index contributed by atoms with van der Waals surface area (Å²) in [6, 6.07) is 12.6. The minimum absolute atomic E-state index is 0.0322. The first-order valence-electron chi connectivity index (χ1n) is 12.2. The predicted octanol–water partition coefficient (Wildman–Crippen LogP) is 2.45. The molecule has 2 bridgehead atoms. The van der Waals surface area contributed by atoms with Crippen LogP contribution >= 0.6 is 0 Å². The van der Waals surface area contributed by atoms with Crippen molar-refractivity contribution in [3.05, 3.63) is 67.8 Å². The zero-order chi connectivity index (χ0) is 25.4. The lowest BCUT2D eigenvalue weighted by molar-refractivity contribution is -0.154. The maximum Gasteiger partial charge on any atom is 0.312 e. The van der Waals surface area contributed by atoms with Crippen LogP contribution < -0.4 is 4.90 Å². The highest BCUT2D eigenvalue weighted by atomic mass is 16.6. The van der Waals surface area contributed by atoms with E-state index in [1.54, 1.807) is 11.0 Å². The summed E-state index contributed by atoms with van der Waals surface area (Å²) in [5.74, 6) is -2.83. The molecule has 3 heterocycles. The van der Waals surface area contributed by atoms with E-state index in [2.05, 4.69) is 13.2 Å². The Morgan fingerprint density at radius 3 is 2.69 bits per heavy atom. The van der Waals surface area contributed by atoms with Crippen LogP contribution in [0.2, 0.25) is 0 Å². The van der Waals surface area contributed by atoms with Crippen molar-refractivity contribution in [1.82, 2.24) is 4.90 Å². The minimum atomic E-state index is -1.15. The van der Waals surface area contributed by atoms with Gasteiger partial charge in [-0.1, -0.05) is 49.1 Å². The summed E-state index contributed by atoms with van der Waals surface area (Å²) in [7, 11) is 0. The molecular formula is C28H30N2O6. The van der Waals surface area contributed by atoms with Gasteiger partial charge >= 0.3 is 5.97 Å². The normalized spacial score (nSPS) is 28.2.